The van der Waals surface area contributed by atoms with Crippen molar-refractivity contribution < 1.29 is 19.7 Å². The number of rotatable bonds is 7. The summed E-state index contributed by atoms with van der Waals surface area (Å²) in [6.45, 7) is 3.77. The van der Waals surface area contributed by atoms with Gasteiger partial charge in [-0.05, 0) is 81.3 Å². The predicted octanol–water partition coefficient (Wildman–Crippen LogP) is 4.70. The Morgan fingerprint density at radius 3 is 2.50 bits per heavy atom. The molecule has 3 N–H and O–H groups in total. The second kappa shape index (κ2) is 9.77. The average molecular weight is 463 g/mol. The summed E-state index contributed by atoms with van der Waals surface area (Å²) in [5, 5.41) is 23.7. The van der Waals surface area contributed by atoms with E-state index in [1.165, 1.54) is 0 Å². The van der Waals surface area contributed by atoms with Crippen molar-refractivity contribution in [3.05, 3.63) is 60.0 Å². The average Bonchev–Trinajstić information content (AvgIpc) is 2.84. The molecule has 0 aliphatic heterocycles. The summed E-state index contributed by atoms with van der Waals surface area (Å²) in [6, 6.07) is 11.2. The number of aryl methyl sites for hydroxylation is 1. The van der Waals surface area contributed by atoms with E-state index in [0.717, 1.165) is 16.8 Å². The van der Waals surface area contributed by atoms with E-state index in [9.17, 15) is 15.0 Å². The summed E-state index contributed by atoms with van der Waals surface area (Å²) >= 11 is 0. The van der Waals surface area contributed by atoms with Gasteiger partial charge in [0, 0.05) is 24.0 Å². The smallest absolute Gasteiger partial charge is 0.306 e. The lowest BCUT2D eigenvalue weighted by Crippen LogP contribution is -2.36. The standard InChI is InChI=1S/C26H30N4O4/c1-16-12-21(29-24(13-16)30-23-14-20(34-3)10-11-27-23)18-6-9-22(28-15-18)26(2,33)19-7-4-17(5-8-19)25(31)32/h6,9-15,17,19,33H,4-5,7-8H2,1-3H3,(H,31,32)(H,27,29,30). The van der Waals surface area contributed by atoms with Gasteiger partial charge in [0.05, 0.1) is 24.4 Å². The molecule has 1 atom stereocenters. The fourth-order valence-electron chi connectivity index (χ4n) is 4.57. The van der Waals surface area contributed by atoms with Crippen molar-refractivity contribution in [2.24, 2.45) is 11.8 Å². The molecule has 0 aromatic carbocycles. The van der Waals surface area contributed by atoms with Crippen LogP contribution in [0.5, 0.6) is 5.75 Å². The minimum absolute atomic E-state index is 0.0234. The quantitative estimate of drug-likeness (QED) is 0.463. The zero-order valence-electron chi connectivity index (χ0n) is 19.7. The van der Waals surface area contributed by atoms with Crippen molar-refractivity contribution in [2.45, 2.75) is 45.1 Å². The number of hydrogen-bond donors (Lipinski definition) is 3. The number of methoxy groups -OCH3 is 1. The van der Waals surface area contributed by atoms with Gasteiger partial charge in [0.25, 0.3) is 0 Å². The molecule has 8 heteroatoms. The first-order chi connectivity index (χ1) is 16.3. The maximum Gasteiger partial charge on any atom is 0.306 e. The molecule has 1 unspecified atom stereocenters. The number of nitrogens with zero attached hydrogens (tertiary/aromatic N) is 3. The van der Waals surface area contributed by atoms with Crippen LogP contribution in [0.3, 0.4) is 0 Å². The molecule has 34 heavy (non-hydrogen) atoms. The van der Waals surface area contributed by atoms with Gasteiger partial charge in [-0.25, -0.2) is 9.97 Å². The van der Waals surface area contributed by atoms with Crippen molar-refractivity contribution in [3.8, 4) is 17.0 Å². The highest BCUT2D eigenvalue weighted by Gasteiger charge is 2.38. The molecular weight excluding hydrogens is 432 g/mol. The molecule has 0 saturated heterocycles. The van der Waals surface area contributed by atoms with Gasteiger partial charge >= 0.3 is 5.97 Å². The zero-order valence-corrected chi connectivity index (χ0v) is 19.7. The Kier molecular flexibility index (Phi) is 6.79. The summed E-state index contributed by atoms with van der Waals surface area (Å²) < 4.78 is 5.25. The minimum atomic E-state index is -1.12. The molecule has 3 aromatic rings. The van der Waals surface area contributed by atoms with Gasteiger partial charge in [-0.2, -0.15) is 0 Å². The van der Waals surface area contributed by atoms with Crippen molar-refractivity contribution in [3.63, 3.8) is 0 Å². The van der Waals surface area contributed by atoms with Crippen LogP contribution in [0.15, 0.2) is 48.8 Å². The second-order valence-corrected chi connectivity index (χ2v) is 9.09. The van der Waals surface area contributed by atoms with Crippen LogP contribution in [0.4, 0.5) is 11.6 Å². The molecule has 8 nitrogen and oxygen atoms in total. The van der Waals surface area contributed by atoms with E-state index in [0.29, 0.717) is 48.8 Å². The first-order valence-corrected chi connectivity index (χ1v) is 11.4. The van der Waals surface area contributed by atoms with Crippen LogP contribution in [0.1, 0.15) is 43.9 Å². The van der Waals surface area contributed by atoms with Gasteiger partial charge in [-0.1, -0.05) is 0 Å². The molecule has 0 amide bonds. The van der Waals surface area contributed by atoms with E-state index in [2.05, 4.69) is 15.3 Å². The van der Waals surface area contributed by atoms with E-state index in [1.54, 1.807) is 38.6 Å². The number of nitrogens with one attached hydrogen (secondary N) is 1. The van der Waals surface area contributed by atoms with E-state index in [4.69, 9.17) is 9.72 Å². The molecule has 1 fully saturated rings. The SMILES string of the molecule is COc1ccnc(Nc2cc(C)cc(-c3ccc(C(C)(O)C4CCC(C(=O)O)CC4)nc3)n2)c1. The molecule has 4 rings (SSSR count). The number of carbonyl (C=O) groups is 1. The maximum absolute atomic E-state index is 11.2. The Morgan fingerprint density at radius 2 is 1.85 bits per heavy atom. The van der Waals surface area contributed by atoms with Crippen LogP contribution in [0.2, 0.25) is 0 Å². The van der Waals surface area contributed by atoms with Gasteiger partial charge in [-0.3, -0.25) is 9.78 Å². The number of aliphatic carboxylic acids is 1. The zero-order chi connectivity index (χ0) is 24.3. The van der Waals surface area contributed by atoms with Crippen molar-refractivity contribution in [2.75, 3.05) is 12.4 Å². The first-order valence-electron chi connectivity index (χ1n) is 11.4. The topological polar surface area (TPSA) is 117 Å². The highest BCUT2D eigenvalue weighted by Crippen LogP contribution is 2.40. The molecular formula is C26H30N4O4. The maximum atomic E-state index is 11.2. The number of hydrogen-bond acceptors (Lipinski definition) is 7. The summed E-state index contributed by atoms with van der Waals surface area (Å²) in [6.07, 6.45) is 5.89. The Hall–Kier alpha value is -3.52. The lowest BCUT2D eigenvalue weighted by atomic mass is 9.73. The highest BCUT2D eigenvalue weighted by atomic mass is 16.5. The minimum Gasteiger partial charge on any atom is -0.497 e. The number of pyridine rings is 3. The Labute approximate surface area is 199 Å². The normalized spacial score (nSPS) is 19.8. The van der Waals surface area contributed by atoms with E-state index in [1.807, 2.05) is 31.2 Å². The van der Waals surface area contributed by atoms with Crippen LogP contribution in [-0.2, 0) is 10.4 Å². The molecule has 0 bridgehead atoms. The molecule has 0 radical (unpaired) electrons. The lowest BCUT2D eigenvalue weighted by molar-refractivity contribution is -0.144. The summed E-state index contributed by atoms with van der Waals surface area (Å²) in [4.78, 5) is 24.8. The van der Waals surface area contributed by atoms with Crippen molar-refractivity contribution >= 4 is 17.6 Å². The largest absolute Gasteiger partial charge is 0.497 e. The Bertz CT molecular complexity index is 1160. The number of aliphatic hydroxyl groups is 1. The number of anilines is 2. The monoisotopic (exact) mass is 462 g/mol. The summed E-state index contributed by atoms with van der Waals surface area (Å²) in [7, 11) is 1.61. The van der Waals surface area contributed by atoms with E-state index >= 15 is 0 Å². The van der Waals surface area contributed by atoms with Crippen LogP contribution in [-0.4, -0.2) is 38.2 Å². The fraction of sp³-hybridized carbons (Fsp3) is 0.385. The molecule has 1 aliphatic carbocycles. The van der Waals surface area contributed by atoms with E-state index < -0.39 is 11.6 Å². The van der Waals surface area contributed by atoms with Crippen LogP contribution < -0.4 is 10.1 Å². The highest BCUT2D eigenvalue weighted by molar-refractivity contribution is 5.70. The molecule has 0 spiro atoms. The lowest BCUT2D eigenvalue weighted by Gasteiger charge is -2.36. The van der Waals surface area contributed by atoms with E-state index in [-0.39, 0.29) is 11.8 Å². The number of aromatic nitrogens is 3. The third kappa shape index (κ3) is 5.17. The fourth-order valence-corrected chi connectivity index (χ4v) is 4.57. The van der Waals surface area contributed by atoms with Gasteiger partial charge in [-0.15, -0.1) is 0 Å². The van der Waals surface area contributed by atoms with Gasteiger partial charge in [0.1, 0.15) is 23.0 Å². The second-order valence-electron chi connectivity index (χ2n) is 9.09. The van der Waals surface area contributed by atoms with Crippen molar-refractivity contribution in [1.29, 1.82) is 0 Å². The number of carboxylic acid groups (broad SMARTS) is 1. The van der Waals surface area contributed by atoms with Gasteiger partial charge < -0.3 is 20.3 Å². The molecule has 1 saturated carbocycles. The summed E-state index contributed by atoms with van der Waals surface area (Å²) in [5.74, 6) is 0.901. The third-order valence-corrected chi connectivity index (χ3v) is 6.64. The van der Waals surface area contributed by atoms with Gasteiger partial charge in [0.2, 0.25) is 0 Å². The van der Waals surface area contributed by atoms with Gasteiger partial charge in [0.15, 0.2) is 0 Å². The van der Waals surface area contributed by atoms with Crippen molar-refractivity contribution in [1.82, 2.24) is 15.0 Å². The van der Waals surface area contributed by atoms with Crippen LogP contribution >= 0.6 is 0 Å². The predicted molar refractivity (Wildman–Crippen MR) is 129 cm³/mol. The first kappa shape index (κ1) is 23.6. The molecule has 178 valence electrons. The Morgan fingerprint density at radius 1 is 1.09 bits per heavy atom. The third-order valence-electron chi connectivity index (χ3n) is 6.64. The van der Waals surface area contributed by atoms with Crippen LogP contribution in [0.25, 0.3) is 11.3 Å². The van der Waals surface area contributed by atoms with Crippen LogP contribution in [0, 0.1) is 18.8 Å². The molecule has 3 heterocycles. The number of carboxylic acids is 1. The Balaban J connectivity index is 1.51. The number of ether oxygens (including phenoxy) is 1. The summed E-state index contributed by atoms with van der Waals surface area (Å²) in [5.41, 5.74) is 2.08. The molecule has 3 aromatic heterocycles. The molecule has 1 aliphatic rings.